The Balaban J connectivity index is 2.86. The standard InChI is InChI=1S/C11H14ClNO3S/c1-3-17(15,16)13-10-6-4-9(5-7-10)11(14)8(2)12/h4-8,13H,3H2,1-2H3. The third kappa shape index (κ3) is 4.02. The number of halogens is 1. The first-order valence-corrected chi connectivity index (χ1v) is 7.23. The highest BCUT2D eigenvalue weighted by Gasteiger charge is 2.12. The molecule has 0 aromatic heterocycles. The number of rotatable bonds is 5. The molecule has 1 aromatic carbocycles. The van der Waals surface area contributed by atoms with Crippen LogP contribution >= 0.6 is 11.6 Å². The van der Waals surface area contributed by atoms with E-state index < -0.39 is 15.4 Å². The molecule has 1 atom stereocenters. The molecule has 1 aromatic rings. The molecule has 0 saturated heterocycles. The van der Waals surface area contributed by atoms with Gasteiger partial charge in [0.05, 0.1) is 11.1 Å². The van der Waals surface area contributed by atoms with E-state index in [0.29, 0.717) is 11.3 Å². The van der Waals surface area contributed by atoms with Crippen molar-refractivity contribution in [2.75, 3.05) is 10.5 Å². The van der Waals surface area contributed by atoms with Gasteiger partial charge >= 0.3 is 0 Å². The largest absolute Gasteiger partial charge is 0.293 e. The molecule has 6 heteroatoms. The van der Waals surface area contributed by atoms with E-state index in [-0.39, 0.29) is 11.5 Å². The Morgan fingerprint density at radius 2 is 1.88 bits per heavy atom. The van der Waals surface area contributed by atoms with Crippen LogP contribution in [0.5, 0.6) is 0 Å². The summed E-state index contributed by atoms with van der Waals surface area (Å²) in [6.45, 7) is 3.15. The number of nitrogens with one attached hydrogen (secondary N) is 1. The van der Waals surface area contributed by atoms with Gasteiger partial charge < -0.3 is 0 Å². The molecule has 0 radical (unpaired) electrons. The molecule has 0 saturated carbocycles. The average molecular weight is 276 g/mol. The van der Waals surface area contributed by atoms with Crippen LogP contribution in [0.25, 0.3) is 0 Å². The fraction of sp³-hybridized carbons (Fsp3) is 0.364. The van der Waals surface area contributed by atoms with Gasteiger partial charge in [0.25, 0.3) is 0 Å². The highest BCUT2D eigenvalue weighted by Crippen LogP contribution is 2.14. The smallest absolute Gasteiger partial charge is 0.232 e. The molecule has 0 spiro atoms. The molecule has 0 bridgehead atoms. The number of carbonyl (C=O) groups excluding carboxylic acids is 1. The maximum absolute atomic E-state index is 11.5. The molecule has 0 aliphatic heterocycles. The van der Waals surface area contributed by atoms with Gasteiger partial charge in [-0.1, -0.05) is 0 Å². The molecule has 1 unspecified atom stereocenters. The van der Waals surface area contributed by atoms with Crippen molar-refractivity contribution in [1.82, 2.24) is 0 Å². The van der Waals surface area contributed by atoms with Crippen molar-refractivity contribution in [3.63, 3.8) is 0 Å². The summed E-state index contributed by atoms with van der Waals surface area (Å²) in [6.07, 6.45) is 0. The van der Waals surface area contributed by atoms with E-state index in [0.717, 1.165) is 0 Å². The first-order valence-electron chi connectivity index (χ1n) is 5.14. The molecule has 17 heavy (non-hydrogen) atoms. The maximum Gasteiger partial charge on any atom is 0.232 e. The molecule has 4 nitrogen and oxygen atoms in total. The SMILES string of the molecule is CCS(=O)(=O)Nc1ccc(C(=O)C(C)Cl)cc1. The molecular weight excluding hydrogens is 262 g/mol. The number of sulfonamides is 1. The van der Waals surface area contributed by atoms with E-state index in [1.165, 1.54) is 0 Å². The van der Waals surface area contributed by atoms with Crippen LogP contribution in [0.15, 0.2) is 24.3 Å². The van der Waals surface area contributed by atoms with Crippen LogP contribution in [0.3, 0.4) is 0 Å². The van der Waals surface area contributed by atoms with Gasteiger partial charge in [0.2, 0.25) is 10.0 Å². The first kappa shape index (κ1) is 14.0. The van der Waals surface area contributed by atoms with Crippen molar-refractivity contribution in [2.45, 2.75) is 19.2 Å². The quantitative estimate of drug-likeness (QED) is 0.662. The molecule has 1 rings (SSSR count). The molecule has 94 valence electrons. The van der Waals surface area contributed by atoms with Gasteiger partial charge in [0, 0.05) is 11.3 Å². The third-order valence-electron chi connectivity index (χ3n) is 2.18. The summed E-state index contributed by atoms with van der Waals surface area (Å²) in [5, 5.41) is -0.590. The Kier molecular flexibility index (Phi) is 4.54. The lowest BCUT2D eigenvalue weighted by Gasteiger charge is -2.07. The molecule has 1 N–H and O–H groups in total. The number of Topliss-reactive ketones (excluding diaryl/α,β-unsaturated/α-hetero) is 1. The predicted molar refractivity (Wildman–Crippen MR) is 69.2 cm³/mol. The lowest BCUT2D eigenvalue weighted by Crippen LogP contribution is -2.15. The van der Waals surface area contributed by atoms with Gasteiger partial charge in [-0.3, -0.25) is 9.52 Å². The minimum Gasteiger partial charge on any atom is -0.293 e. The highest BCUT2D eigenvalue weighted by atomic mass is 35.5. The van der Waals surface area contributed by atoms with Gasteiger partial charge in [-0.25, -0.2) is 8.42 Å². The van der Waals surface area contributed by atoms with Crippen molar-refractivity contribution in [3.05, 3.63) is 29.8 Å². The Bertz CT molecular complexity index is 494. The summed E-state index contributed by atoms with van der Waals surface area (Å²) in [4.78, 5) is 11.5. The van der Waals surface area contributed by atoms with E-state index in [9.17, 15) is 13.2 Å². The summed E-state index contributed by atoms with van der Waals surface area (Å²) in [5.41, 5.74) is 0.901. The minimum atomic E-state index is -3.28. The third-order valence-corrected chi connectivity index (χ3v) is 3.69. The van der Waals surface area contributed by atoms with Gasteiger partial charge in [-0.05, 0) is 38.1 Å². The van der Waals surface area contributed by atoms with Crippen molar-refractivity contribution in [2.24, 2.45) is 0 Å². The lowest BCUT2D eigenvalue weighted by molar-refractivity contribution is 0.0992. The van der Waals surface area contributed by atoms with E-state index in [2.05, 4.69) is 4.72 Å². The molecule has 0 fully saturated rings. The monoisotopic (exact) mass is 275 g/mol. The first-order chi connectivity index (χ1) is 7.85. The van der Waals surface area contributed by atoms with Crippen molar-refractivity contribution in [1.29, 1.82) is 0 Å². The van der Waals surface area contributed by atoms with E-state index in [4.69, 9.17) is 11.6 Å². The maximum atomic E-state index is 11.5. The fourth-order valence-electron chi connectivity index (χ4n) is 1.18. The van der Waals surface area contributed by atoms with Gasteiger partial charge in [-0.2, -0.15) is 0 Å². The second kappa shape index (κ2) is 5.51. The fourth-order valence-corrected chi connectivity index (χ4v) is 1.95. The van der Waals surface area contributed by atoms with Crippen LogP contribution in [-0.2, 0) is 10.0 Å². The topological polar surface area (TPSA) is 63.2 Å². The number of ketones is 1. The van der Waals surface area contributed by atoms with Crippen LogP contribution in [0.1, 0.15) is 24.2 Å². The number of hydrogen-bond donors (Lipinski definition) is 1. The molecule has 0 aliphatic carbocycles. The highest BCUT2D eigenvalue weighted by molar-refractivity contribution is 7.92. The van der Waals surface area contributed by atoms with Crippen molar-refractivity contribution in [3.8, 4) is 0 Å². The number of carbonyl (C=O) groups is 1. The van der Waals surface area contributed by atoms with E-state index in [1.54, 1.807) is 38.1 Å². The minimum absolute atomic E-state index is 0.00635. The van der Waals surface area contributed by atoms with Crippen LogP contribution in [0.4, 0.5) is 5.69 Å². The van der Waals surface area contributed by atoms with Crippen molar-refractivity contribution < 1.29 is 13.2 Å². The van der Waals surface area contributed by atoms with Gasteiger partial charge in [0.15, 0.2) is 5.78 Å². The summed E-state index contributed by atoms with van der Waals surface area (Å²) in [6, 6.07) is 6.18. The zero-order chi connectivity index (χ0) is 13.1. The van der Waals surface area contributed by atoms with Crippen LogP contribution < -0.4 is 4.72 Å². The average Bonchev–Trinajstić information content (AvgIpc) is 2.28. The summed E-state index contributed by atoms with van der Waals surface area (Å²) >= 11 is 5.67. The van der Waals surface area contributed by atoms with Crippen LogP contribution in [0.2, 0.25) is 0 Å². The molecule has 0 amide bonds. The Hall–Kier alpha value is -1.07. The Morgan fingerprint density at radius 1 is 1.35 bits per heavy atom. The van der Waals surface area contributed by atoms with E-state index in [1.807, 2.05) is 0 Å². The lowest BCUT2D eigenvalue weighted by atomic mass is 10.1. The van der Waals surface area contributed by atoms with Gasteiger partial charge in [-0.15, -0.1) is 11.6 Å². The predicted octanol–water partition coefficient (Wildman–Crippen LogP) is 2.26. The van der Waals surface area contributed by atoms with Crippen molar-refractivity contribution >= 4 is 33.1 Å². The molecule has 0 heterocycles. The van der Waals surface area contributed by atoms with Gasteiger partial charge in [0.1, 0.15) is 0 Å². The number of anilines is 1. The number of hydrogen-bond acceptors (Lipinski definition) is 3. The zero-order valence-corrected chi connectivity index (χ0v) is 11.2. The Labute approximate surface area is 106 Å². The molecule has 0 aliphatic rings. The van der Waals surface area contributed by atoms with Crippen LogP contribution in [0, 0.1) is 0 Å². The summed E-state index contributed by atoms with van der Waals surface area (Å²) in [5.74, 6) is -0.177. The number of benzene rings is 1. The zero-order valence-electron chi connectivity index (χ0n) is 9.60. The summed E-state index contributed by atoms with van der Waals surface area (Å²) < 4.78 is 25.0. The second-order valence-electron chi connectivity index (χ2n) is 3.56. The second-order valence-corrected chi connectivity index (χ2v) is 6.23. The molecular formula is C11H14ClNO3S. The number of alkyl halides is 1. The Morgan fingerprint density at radius 3 is 2.29 bits per heavy atom. The van der Waals surface area contributed by atoms with E-state index >= 15 is 0 Å². The normalized spacial score (nSPS) is 13.1. The summed E-state index contributed by atoms with van der Waals surface area (Å²) in [7, 11) is -3.28. The van der Waals surface area contributed by atoms with Crippen LogP contribution in [-0.4, -0.2) is 25.3 Å².